The Morgan fingerprint density at radius 3 is 2.70 bits per heavy atom. The normalized spacial score (nSPS) is 10.9. The Morgan fingerprint density at radius 1 is 1.20 bits per heavy atom. The van der Waals surface area contributed by atoms with Crippen molar-refractivity contribution in [1.82, 2.24) is 14.8 Å². The lowest BCUT2D eigenvalue weighted by molar-refractivity contribution is -0.113. The van der Waals surface area contributed by atoms with Gasteiger partial charge in [0.05, 0.1) is 10.6 Å². The van der Waals surface area contributed by atoms with E-state index in [1.807, 2.05) is 34.2 Å². The van der Waals surface area contributed by atoms with Gasteiger partial charge in [0, 0.05) is 16.4 Å². The smallest absolute Gasteiger partial charge is 0.234 e. The number of rotatable bonds is 6. The molecule has 30 heavy (non-hydrogen) atoms. The number of halogens is 2. The van der Waals surface area contributed by atoms with Gasteiger partial charge in [-0.05, 0) is 60.3 Å². The van der Waals surface area contributed by atoms with E-state index in [0.717, 1.165) is 10.6 Å². The second-order valence-corrected chi connectivity index (χ2v) is 8.72. The number of aryl methyl sites for hydroxylation is 1. The molecule has 0 aliphatic carbocycles. The van der Waals surface area contributed by atoms with E-state index in [2.05, 4.69) is 15.5 Å². The van der Waals surface area contributed by atoms with Gasteiger partial charge in [-0.3, -0.25) is 9.36 Å². The quantitative estimate of drug-likeness (QED) is 0.369. The first-order valence-corrected chi connectivity index (χ1v) is 11.2. The lowest BCUT2D eigenvalue weighted by Crippen LogP contribution is -2.14. The fourth-order valence-corrected chi connectivity index (χ4v) is 4.33. The van der Waals surface area contributed by atoms with Crippen molar-refractivity contribution >= 4 is 46.3 Å². The van der Waals surface area contributed by atoms with E-state index in [4.69, 9.17) is 11.6 Å². The molecule has 0 unspecified atom stereocenters. The van der Waals surface area contributed by atoms with Crippen LogP contribution in [0.15, 0.2) is 65.1 Å². The van der Waals surface area contributed by atoms with Crippen LogP contribution in [-0.2, 0) is 4.79 Å². The molecule has 0 aliphatic rings. The third-order valence-corrected chi connectivity index (χ3v) is 6.29. The number of hydrogen-bond donors (Lipinski definition) is 1. The monoisotopic (exact) mass is 458 g/mol. The summed E-state index contributed by atoms with van der Waals surface area (Å²) in [4.78, 5) is 13.3. The number of hydrogen-bond acceptors (Lipinski definition) is 5. The molecule has 4 aromatic rings. The molecule has 0 spiro atoms. The second kappa shape index (κ2) is 8.99. The van der Waals surface area contributed by atoms with Crippen LogP contribution in [0.4, 0.5) is 10.1 Å². The first-order valence-electron chi connectivity index (χ1n) is 8.95. The van der Waals surface area contributed by atoms with Crippen molar-refractivity contribution in [3.63, 3.8) is 0 Å². The van der Waals surface area contributed by atoms with Gasteiger partial charge in [-0.15, -0.1) is 21.5 Å². The van der Waals surface area contributed by atoms with Crippen molar-refractivity contribution in [2.75, 3.05) is 11.1 Å². The minimum atomic E-state index is -0.358. The molecule has 0 atom stereocenters. The number of carbonyl (C=O) groups is 1. The minimum absolute atomic E-state index is 0.103. The molecule has 1 amide bonds. The molecule has 1 N–H and O–H groups in total. The van der Waals surface area contributed by atoms with Gasteiger partial charge in [0.15, 0.2) is 11.0 Å². The summed E-state index contributed by atoms with van der Waals surface area (Å²) in [6, 6.07) is 15.9. The predicted octanol–water partition coefficient (Wildman–Crippen LogP) is 5.83. The molecule has 0 saturated heterocycles. The molecule has 2 aromatic heterocycles. The van der Waals surface area contributed by atoms with Crippen LogP contribution in [0.5, 0.6) is 0 Å². The average Bonchev–Trinajstić information content (AvgIpc) is 3.39. The van der Waals surface area contributed by atoms with Gasteiger partial charge in [-0.2, -0.15) is 0 Å². The first kappa shape index (κ1) is 20.6. The minimum Gasteiger partial charge on any atom is -0.325 e. The summed E-state index contributed by atoms with van der Waals surface area (Å²) in [5.74, 6) is 0.178. The molecule has 0 aliphatic heterocycles. The van der Waals surface area contributed by atoms with E-state index in [9.17, 15) is 9.18 Å². The Labute approximate surface area is 185 Å². The maximum absolute atomic E-state index is 13.7. The van der Waals surface area contributed by atoms with Gasteiger partial charge in [-0.25, -0.2) is 4.39 Å². The van der Waals surface area contributed by atoms with Gasteiger partial charge in [-0.1, -0.05) is 35.5 Å². The number of thioether (sulfide) groups is 1. The molecule has 5 nitrogen and oxygen atoms in total. The van der Waals surface area contributed by atoms with E-state index < -0.39 is 0 Å². The number of carbonyl (C=O) groups excluding carboxylic acids is 1. The van der Waals surface area contributed by atoms with E-state index >= 15 is 0 Å². The molecule has 0 saturated carbocycles. The molecular weight excluding hydrogens is 443 g/mol. The first-order chi connectivity index (χ1) is 14.5. The number of amides is 1. The van der Waals surface area contributed by atoms with Crippen LogP contribution in [0.1, 0.15) is 5.56 Å². The Hall–Kier alpha value is -2.68. The van der Waals surface area contributed by atoms with Gasteiger partial charge < -0.3 is 5.32 Å². The summed E-state index contributed by atoms with van der Waals surface area (Å²) in [5, 5.41) is 14.5. The van der Waals surface area contributed by atoms with Crippen LogP contribution < -0.4 is 5.32 Å². The molecule has 0 bridgehead atoms. The van der Waals surface area contributed by atoms with Crippen molar-refractivity contribution in [2.24, 2.45) is 0 Å². The Kier molecular flexibility index (Phi) is 6.17. The summed E-state index contributed by atoms with van der Waals surface area (Å²) in [5.41, 5.74) is 1.79. The highest BCUT2D eigenvalue weighted by molar-refractivity contribution is 7.99. The highest BCUT2D eigenvalue weighted by Crippen LogP contribution is 2.31. The van der Waals surface area contributed by atoms with Crippen LogP contribution in [0.3, 0.4) is 0 Å². The molecule has 0 radical (unpaired) electrons. The third-order valence-electron chi connectivity index (χ3n) is 4.25. The predicted molar refractivity (Wildman–Crippen MR) is 120 cm³/mol. The van der Waals surface area contributed by atoms with Crippen molar-refractivity contribution in [3.8, 4) is 16.4 Å². The maximum Gasteiger partial charge on any atom is 0.234 e. The summed E-state index contributed by atoms with van der Waals surface area (Å²) < 4.78 is 15.6. The van der Waals surface area contributed by atoms with Gasteiger partial charge in [0.25, 0.3) is 0 Å². The zero-order valence-electron chi connectivity index (χ0n) is 15.8. The van der Waals surface area contributed by atoms with Crippen LogP contribution >= 0.6 is 34.7 Å². The van der Waals surface area contributed by atoms with Crippen LogP contribution in [0.2, 0.25) is 5.02 Å². The highest BCUT2D eigenvalue weighted by atomic mass is 35.5. The molecule has 2 heterocycles. The molecular formula is C21H16ClFN4OS2. The fraction of sp³-hybridized carbons (Fsp3) is 0.0952. The molecule has 0 fully saturated rings. The molecule has 9 heteroatoms. The lowest BCUT2D eigenvalue weighted by Gasteiger charge is -2.10. The Bertz CT molecular complexity index is 1180. The van der Waals surface area contributed by atoms with E-state index in [-0.39, 0.29) is 17.5 Å². The molecule has 4 rings (SSSR count). The van der Waals surface area contributed by atoms with Crippen molar-refractivity contribution in [3.05, 3.63) is 76.4 Å². The number of benzene rings is 2. The zero-order chi connectivity index (χ0) is 21.1. The Balaban J connectivity index is 1.55. The standard InChI is InChI=1S/C21H16ClFN4OS2/c1-13-4-7-15(11-17(13)23)24-19(28)12-30-21-26-25-20(18-3-2-10-29-18)27(21)16-8-5-14(22)6-9-16/h2-11H,12H2,1H3,(H,24,28). The zero-order valence-corrected chi connectivity index (χ0v) is 18.2. The molecule has 152 valence electrons. The van der Waals surface area contributed by atoms with Crippen molar-refractivity contribution < 1.29 is 9.18 Å². The van der Waals surface area contributed by atoms with Gasteiger partial charge in [0.1, 0.15) is 5.82 Å². The second-order valence-electron chi connectivity index (χ2n) is 6.40. The summed E-state index contributed by atoms with van der Waals surface area (Å²) >= 11 is 8.84. The highest BCUT2D eigenvalue weighted by Gasteiger charge is 2.18. The van der Waals surface area contributed by atoms with Gasteiger partial charge >= 0.3 is 0 Å². The number of nitrogens with one attached hydrogen (secondary N) is 1. The average molecular weight is 459 g/mol. The van der Waals surface area contributed by atoms with Crippen LogP contribution in [-0.4, -0.2) is 26.4 Å². The van der Waals surface area contributed by atoms with Crippen molar-refractivity contribution in [2.45, 2.75) is 12.1 Å². The number of aromatic nitrogens is 3. The number of nitrogens with zero attached hydrogens (tertiary/aromatic N) is 3. The van der Waals surface area contributed by atoms with Crippen molar-refractivity contribution in [1.29, 1.82) is 0 Å². The maximum atomic E-state index is 13.7. The van der Waals surface area contributed by atoms with E-state index in [0.29, 0.717) is 27.3 Å². The third kappa shape index (κ3) is 4.56. The number of thiophene rings is 1. The summed E-state index contributed by atoms with van der Waals surface area (Å²) in [7, 11) is 0. The van der Waals surface area contributed by atoms with Crippen LogP contribution in [0, 0.1) is 12.7 Å². The number of anilines is 1. The van der Waals surface area contributed by atoms with Crippen LogP contribution in [0.25, 0.3) is 16.4 Å². The topological polar surface area (TPSA) is 59.8 Å². The summed E-state index contributed by atoms with van der Waals surface area (Å²) in [6.45, 7) is 1.67. The Morgan fingerprint density at radius 2 is 2.00 bits per heavy atom. The SMILES string of the molecule is Cc1ccc(NC(=O)CSc2nnc(-c3cccs3)n2-c2ccc(Cl)cc2)cc1F. The largest absolute Gasteiger partial charge is 0.325 e. The van der Waals surface area contributed by atoms with Gasteiger partial charge in [0.2, 0.25) is 5.91 Å². The van der Waals surface area contributed by atoms with E-state index in [1.165, 1.54) is 17.8 Å². The fourth-order valence-electron chi connectivity index (χ4n) is 2.75. The summed E-state index contributed by atoms with van der Waals surface area (Å²) in [6.07, 6.45) is 0. The molecule has 2 aromatic carbocycles. The lowest BCUT2D eigenvalue weighted by atomic mass is 10.2. The van der Waals surface area contributed by atoms with E-state index in [1.54, 1.807) is 42.5 Å².